The zero-order valence-corrected chi connectivity index (χ0v) is 13.9. The molecule has 4 aromatic carbocycles. The summed E-state index contributed by atoms with van der Waals surface area (Å²) in [5.41, 5.74) is 0. The molecule has 24 heavy (non-hydrogen) atoms. The van der Waals surface area contributed by atoms with Crippen molar-refractivity contribution in [1.29, 1.82) is 0 Å². The first-order chi connectivity index (χ1) is 11.8. The third-order valence-corrected chi connectivity index (χ3v) is 4.55. The lowest BCUT2D eigenvalue weighted by atomic mass is 9.93. The van der Waals surface area contributed by atoms with Crippen LogP contribution in [-0.2, 0) is 0 Å². The van der Waals surface area contributed by atoms with E-state index in [4.69, 9.17) is 14.2 Å². The van der Waals surface area contributed by atoms with Gasteiger partial charge in [-0.15, -0.1) is 0 Å². The van der Waals surface area contributed by atoms with Crippen molar-refractivity contribution in [3.8, 4) is 17.2 Å². The number of methoxy groups -OCH3 is 3. The van der Waals surface area contributed by atoms with Crippen LogP contribution in [0.4, 0.5) is 0 Å². The van der Waals surface area contributed by atoms with Crippen LogP contribution in [0.15, 0.2) is 54.6 Å². The van der Waals surface area contributed by atoms with Gasteiger partial charge in [0.25, 0.3) is 0 Å². The lowest BCUT2D eigenvalue weighted by Gasteiger charge is -2.17. The van der Waals surface area contributed by atoms with E-state index in [1.165, 1.54) is 0 Å². The Kier molecular flexibility index (Phi) is 3.42. The Morgan fingerprint density at radius 1 is 0.458 bits per heavy atom. The van der Waals surface area contributed by atoms with Gasteiger partial charge >= 0.3 is 0 Å². The molecule has 0 spiro atoms. The topological polar surface area (TPSA) is 27.7 Å². The van der Waals surface area contributed by atoms with Gasteiger partial charge in [0.05, 0.1) is 21.3 Å². The lowest BCUT2D eigenvalue weighted by molar-refractivity contribution is 0.416. The first-order valence-electron chi connectivity index (χ1n) is 7.82. The maximum atomic E-state index is 5.66. The summed E-state index contributed by atoms with van der Waals surface area (Å²) < 4.78 is 17.0. The van der Waals surface area contributed by atoms with E-state index in [0.29, 0.717) is 0 Å². The molecule has 0 fully saturated rings. The maximum Gasteiger partial charge on any atom is 0.127 e. The van der Waals surface area contributed by atoms with Gasteiger partial charge in [-0.25, -0.2) is 0 Å². The number of benzene rings is 4. The molecule has 0 aromatic heterocycles. The summed E-state index contributed by atoms with van der Waals surface area (Å²) in [7, 11) is 5.10. The van der Waals surface area contributed by atoms with Crippen molar-refractivity contribution < 1.29 is 14.2 Å². The Morgan fingerprint density at radius 2 is 0.833 bits per heavy atom. The van der Waals surface area contributed by atoms with Crippen LogP contribution in [0.5, 0.6) is 17.2 Å². The second-order valence-corrected chi connectivity index (χ2v) is 5.65. The summed E-state index contributed by atoms with van der Waals surface area (Å²) in [5.74, 6) is 2.52. The molecule has 0 radical (unpaired) electrons. The average molecular weight is 318 g/mol. The largest absolute Gasteiger partial charge is 0.496 e. The number of hydrogen-bond donors (Lipinski definition) is 0. The van der Waals surface area contributed by atoms with Gasteiger partial charge in [-0.05, 0) is 34.4 Å². The fourth-order valence-electron chi connectivity index (χ4n) is 3.55. The Bertz CT molecular complexity index is 1070. The van der Waals surface area contributed by atoms with Gasteiger partial charge in [0.1, 0.15) is 17.2 Å². The molecule has 120 valence electrons. The number of ether oxygens (including phenoxy) is 3. The van der Waals surface area contributed by atoms with Crippen LogP contribution in [-0.4, -0.2) is 21.3 Å². The molecular formula is C21H18O3. The summed E-state index contributed by atoms with van der Waals surface area (Å²) in [6.07, 6.45) is 0. The zero-order valence-electron chi connectivity index (χ0n) is 13.9. The summed E-state index contributed by atoms with van der Waals surface area (Å²) in [6.45, 7) is 0. The summed E-state index contributed by atoms with van der Waals surface area (Å²) in [6, 6.07) is 18.4. The van der Waals surface area contributed by atoms with Crippen molar-refractivity contribution in [2.75, 3.05) is 21.3 Å². The van der Waals surface area contributed by atoms with Gasteiger partial charge in [-0.1, -0.05) is 36.4 Å². The highest BCUT2D eigenvalue weighted by Crippen LogP contribution is 2.45. The van der Waals surface area contributed by atoms with Crippen LogP contribution in [0.1, 0.15) is 0 Å². The predicted octanol–water partition coefficient (Wildman–Crippen LogP) is 5.17. The highest BCUT2D eigenvalue weighted by atomic mass is 16.5. The second kappa shape index (κ2) is 5.60. The molecule has 0 bridgehead atoms. The minimum atomic E-state index is 0.829. The highest BCUT2D eigenvalue weighted by molar-refractivity contribution is 6.29. The Balaban J connectivity index is 2.42. The summed E-state index contributed by atoms with van der Waals surface area (Å²) in [5, 5.41) is 6.57. The molecule has 0 heterocycles. The lowest BCUT2D eigenvalue weighted by Crippen LogP contribution is -1.93. The van der Waals surface area contributed by atoms with Crippen LogP contribution >= 0.6 is 0 Å². The number of hydrogen-bond acceptors (Lipinski definition) is 3. The molecule has 0 amide bonds. The molecule has 3 nitrogen and oxygen atoms in total. The molecule has 4 rings (SSSR count). The van der Waals surface area contributed by atoms with E-state index in [9.17, 15) is 0 Å². The predicted molar refractivity (Wildman–Crippen MR) is 98.6 cm³/mol. The fourth-order valence-corrected chi connectivity index (χ4v) is 3.55. The fraction of sp³-hybridized carbons (Fsp3) is 0.143. The third kappa shape index (κ3) is 1.91. The van der Waals surface area contributed by atoms with Crippen LogP contribution in [0.3, 0.4) is 0 Å². The molecule has 3 heteroatoms. The van der Waals surface area contributed by atoms with E-state index < -0.39 is 0 Å². The third-order valence-electron chi connectivity index (χ3n) is 4.55. The molecule has 0 atom stereocenters. The van der Waals surface area contributed by atoms with Gasteiger partial charge in [0, 0.05) is 16.2 Å². The SMILES string of the molecule is COc1cccc2c3cccc(OC)c3c3c(OC)cccc3c12. The molecule has 0 saturated carbocycles. The molecular weight excluding hydrogens is 300 g/mol. The van der Waals surface area contributed by atoms with Gasteiger partial charge in [0.15, 0.2) is 0 Å². The van der Waals surface area contributed by atoms with E-state index in [-0.39, 0.29) is 0 Å². The zero-order chi connectivity index (χ0) is 16.7. The Morgan fingerprint density at radius 3 is 1.33 bits per heavy atom. The Hall–Kier alpha value is -2.94. The molecule has 0 aliphatic heterocycles. The van der Waals surface area contributed by atoms with Crippen molar-refractivity contribution in [2.24, 2.45) is 0 Å². The number of fused-ring (bicyclic) bond motifs is 6. The molecule has 4 aromatic rings. The summed E-state index contributed by atoms with van der Waals surface area (Å²) >= 11 is 0. The van der Waals surface area contributed by atoms with Crippen molar-refractivity contribution in [3.05, 3.63) is 54.6 Å². The van der Waals surface area contributed by atoms with Crippen molar-refractivity contribution in [3.63, 3.8) is 0 Å². The smallest absolute Gasteiger partial charge is 0.127 e. The molecule has 0 saturated heterocycles. The van der Waals surface area contributed by atoms with E-state index in [1.807, 2.05) is 36.4 Å². The van der Waals surface area contributed by atoms with Gasteiger partial charge < -0.3 is 14.2 Å². The first kappa shape index (κ1) is 14.6. The second-order valence-electron chi connectivity index (χ2n) is 5.65. The van der Waals surface area contributed by atoms with Gasteiger partial charge in [-0.2, -0.15) is 0 Å². The van der Waals surface area contributed by atoms with E-state index in [2.05, 4.69) is 18.2 Å². The summed E-state index contributed by atoms with van der Waals surface area (Å²) in [4.78, 5) is 0. The normalized spacial score (nSPS) is 11.1. The maximum absolute atomic E-state index is 5.66. The van der Waals surface area contributed by atoms with E-state index in [1.54, 1.807) is 21.3 Å². The Labute approximate surface area is 140 Å². The molecule has 0 unspecified atom stereocenters. The quantitative estimate of drug-likeness (QED) is 0.488. The standard InChI is InChI=1S/C21H18O3/c1-22-16-10-4-7-13-14-8-5-11-17(23-2)20(14)21-15(19(13)16)9-6-12-18(21)24-3/h4-12H,1-3H3. The minimum absolute atomic E-state index is 0.829. The average Bonchev–Trinajstić information content (AvgIpc) is 2.66. The van der Waals surface area contributed by atoms with Gasteiger partial charge in [0.2, 0.25) is 0 Å². The molecule has 0 aliphatic rings. The van der Waals surface area contributed by atoms with Crippen LogP contribution in [0, 0.1) is 0 Å². The van der Waals surface area contributed by atoms with Crippen LogP contribution in [0.25, 0.3) is 32.3 Å². The van der Waals surface area contributed by atoms with E-state index in [0.717, 1.165) is 49.6 Å². The monoisotopic (exact) mass is 318 g/mol. The minimum Gasteiger partial charge on any atom is -0.496 e. The highest BCUT2D eigenvalue weighted by Gasteiger charge is 2.17. The van der Waals surface area contributed by atoms with Crippen LogP contribution in [0.2, 0.25) is 0 Å². The van der Waals surface area contributed by atoms with Crippen LogP contribution < -0.4 is 14.2 Å². The number of rotatable bonds is 3. The van der Waals surface area contributed by atoms with Crippen molar-refractivity contribution in [1.82, 2.24) is 0 Å². The molecule has 0 N–H and O–H groups in total. The first-order valence-corrected chi connectivity index (χ1v) is 7.82. The van der Waals surface area contributed by atoms with E-state index >= 15 is 0 Å². The molecule has 0 aliphatic carbocycles. The van der Waals surface area contributed by atoms with Gasteiger partial charge in [-0.3, -0.25) is 0 Å². The van der Waals surface area contributed by atoms with Crippen molar-refractivity contribution in [2.45, 2.75) is 0 Å². The van der Waals surface area contributed by atoms with Crippen molar-refractivity contribution >= 4 is 32.3 Å².